The second kappa shape index (κ2) is 31.9. The van der Waals surface area contributed by atoms with Gasteiger partial charge in [0.05, 0.1) is 0 Å². The topological polar surface area (TPSA) is 0 Å². The largest absolute Gasteiger partial charge is 0.139 e. The SMILES string of the molecule is CCCCCCCCCCC(CCCCCCCC)Cc1cc(-c2cc(CC(CCCCCCCC)CCCCCCCCCC)c(-c3ccc4c(ccc5c6ccc7cc(C)ccc7c6sc45)c3)s2)sc1C. The zero-order chi connectivity index (χ0) is 51.0. The molecule has 0 N–H and O–H groups in total. The molecule has 2 unspecified atom stereocenters. The quantitative estimate of drug-likeness (QED) is 0.0339. The Morgan fingerprint density at radius 3 is 1.21 bits per heavy atom. The molecule has 0 amide bonds. The van der Waals surface area contributed by atoms with Crippen molar-refractivity contribution in [1.82, 2.24) is 0 Å². The standard InChI is InChI=1S/C70H100S3/c1-7-11-15-19-23-25-29-33-36-55(35-31-27-21-17-13-9-3)48-60-51-66(71-54(60)6)67-52-61(49-56(37-32-28-22-18-14-10-4)38-34-30-26-24-20-16-12-8-2)68(72-67)59-42-44-63-58(50-59)41-46-65-64-45-40-57-47-53(5)39-43-62(57)69(64)73-70(63)65/h39-47,50-52,55-56H,7-38,48-49H2,1-6H3. The normalized spacial score (nSPS) is 12.9. The summed E-state index contributed by atoms with van der Waals surface area (Å²) < 4.78 is 2.86. The van der Waals surface area contributed by atoms with E-state index in [-0.39, 0.29) is 0 Å². The zero-order valence-corrected chi connectivity index (χ0v) is 49.8. The lowest BCUT2D eigenvalue weighted by molar-refractivity contribution is 0.400. The Bertz CT molecular complexity index is 2650. The van der Waals surface area contributed by atoms with E-state index in [0.29, 0.717) is 0 Å². The van der Waals surface area contributed by atoms with Crippen LogP contribution in [0, 0.1) is 25.7 Å². The van der Waals surface area contributed by atoms with E-state index in [4.69, 9.17) is 0 Å². The van der Waals surface area contributed by atoms with Crippen LogP contribution in [0.5, 0.6) is 0 Å². The second-order valence-corrected chi connectivity index (χ2v) is 26.4. The molecule has 73 heavy (non-hydrogen) atoms. The lowest BCUT2D eigenvalue weighted by Crippen LogP contribution is -2.06. The van der Waals surface area contributed by atoms with Crippen LogP contribution in [-0.4, -0.2) is 0 Å². The average Bonchev–Trinajstić information content (AvgIpc) is 4.11. The molecule has 3 aromatic heterocycles. The van der Waals surface area contributed by atoms with Crippen molar-refractivity contribution in [3.05, 3.63) is 94.4 Å². The molecule has 2 atom stereocenters. The Morgan fingerprint density at radius 1 is 0.342 bits per heavy atom. The molecule has 3 heteroatoms. The molecule has 0 spiro atoms. The first-order valence-electron chi connectivity index (χ1n) is 30.9. The number of fused-ring (bicyclic) bond motifs is 7. The second-order valence-electron chi connectivity index (χ2n) is 23.1. The van der Waals surface area contributed by atoms with Crippen LogP contribution in [0.1, 0.15) is 255 Å². The van der Waals surface area contributed by atoms with Crippen LogP contribution in [0.2, 0.25) is 0 Å². The van der Waals surface area contributed by atoms with Crippen molar-refractivity contribution >= 4 is 75.7 Å². The molecule has 0 aliphatic carbocycles. The molecule has 0 nitrogen and oxygen atoms in total. The van der Waals surface area contributed by atoms with E-state index in [1.54, 1.807) is 16.0 Å². The van der Waals surface area contributed by atoms with Crippen molar-refractivity contribution in [2.75, 3.05) is 0 Å². The fraction of sp³-hybridized carbons (Fsp3) is 0.600. The first-order chi connectivity index (χ1) is 35.9. The predicted octanol–water partition coefficient (Wildman–Crippen LogP) is 25.3. The molecular formula is C70H100S3. The van der Waals surface area contributed by atoms with Crippen LogP contribution in [0.25, 0.3) is 61.9 Å². The van der Waals surface area contributed by atoms with Crippen LogP contribution < -0.4 is 0 Å². The van der Waals surface area contributed by atoms with Gasteiger partial charge in [0.25, 0.3) is 0 Å². The fourth-order valence-corrected chi connectivity index (χ4v) is 16.0. The summed E-state index contributed by atoms with van der Waals surface area (Å²) in [6.45, 7) is 14.0. The minimum absolute atomic E-state index is 0.754. The van der Waals surface area contributed by atoms with Gasteiger partial charge in [-0.05, 0) is 95.0 Å². The Morgan fingerprint density at radius 2 is 0.726 bits per heavy atom. The maximum atomic E-state index is 2.69. The van der Waals surface area contributed by atoms with Gasteiger partial charge in [-0.3, -0.25) is 0 Å². The molecule has 0 aliphatic heterocycles. The Kier molecular flexibility index (Phi) is 25.2. The molecule has 0 aliphatic rings. The van der Waals surface area contributed by atoms with Gasteiger partial charge < -0.3 is 0 Å². The summed E-state index contributed by atoms with van der Waals surface area (Å²) in [6.07, 6.45) is 47.4. The maximum absolute atomic E-state index is 2.69. The lowest BCUT2D eigenvalue weighted by Gasteiger charge is -2.18. The number of thiophene rings is 3. The van der Waals surface area contributed by atoms with E-state index in [1.807, 2.05) is 11.3 Å². The highest BCUT2D eigenvalue weighted by Crippen LogP contribution is 2.46. The van der Waals surface area contributed by atoms with Crippen LogP contribution in [0.15, 0.2) is 72.8 Å². The average molecular weight is 1040 g/mol. The van der Waals surface area contributed by atoms with Gasteiger partial charge in [-0.1, -0.05) is 293 Å². The highest BCUT2D eigenvalue weighted by molar-refractivity contribution is 7.27. The van der Waals surface area contributed by atoms with Crippen LogP contribution >= 0.6 is 34.0 Å². The maximum Gasteiger partial charge on any atom is 0.0452 e. The molecule has 398 valence electrons. The summed E-state index contributed by atoms with van der Waals surface area (Å²) in [4.78, 5) is 6.11. The third kappa shape index (κ3) is 17.5. The predicted molar refractivity (Wildman–Crippen MR) is 335 cm³/mol. The van der Waals surface area contributed by atoms with Gasteiger partial charge in [0.2, 0.25) is 0 Å². The van der Waals surface area contributed by atoms with Gasteiger partial charge in [0, 0.05) is 39.7 Å². The molecule has 3 heterocycles. The number of hydrogen-bond acceptors (Lipinski definition) is 3. The molecule has 7 aromatic rings. The third-order valence-corrected chi connectivity index (χ3v) is 20.6. The van der Waals surface area contributed by atoms with Crippen LogP contribution in [-0.2, 0) is 12.8 Å². The summed E-state index contributed by atoms with van der Waals surface area (Å²) in [5.74, 6) is 1.57. The smallest absolute Gasteiger partial charge is 0.0452 e. The van der Waals surface area contributed by atoms with Crippen molar-refractivity contribution in [3.8, 4) is 20.2 Å². The van der Waals surface area contributed by atoms with Gasteiger partial charge in [-0.2, -0.15) is 0 Å². The molecule has 0 bridgehead atoms. The third-order valence-electron chi connectivity index (χ3n) is 16.8. The van der Waals surface area contributed by atoms with E-state index in [1.165, 1.54) is 286 Å². The molecule has 4 aromatic carbocycles. The minimum Gasteiger partial charge on any atom is -0.139 e. The summed E-state index contributed by atoms with van der Waals surface area (Å²) in [5.41, 5.74) is 6.00. The first-order valence-corrected chi connectivity index (χ1v) is 33.4. The molecule has 0 fully saturated rings. The van der Waals surface area contributed by atoms with E-state index in [9.17, 15) is 0 Å². The lowest BCUT2D eigenvalue weighted by atomic mass is 9.88. The van der Waals surface area contributed by atoms with Crippen molar-refractivity contribution in [3.63, 3.8) is 0 Å². The number of rotatable bonds is 38. The Hall–Kier alpha value is -2.98. The number of hydrogen-bond donors (Lipinski definition) is 0. The van der Waals surface area contributed by atoms with Crippen molar-refractivity contribution in [2.24, 2.45) is 11.8 Å². The van der Waals surface area contributed by atoms with Crippen LogP contribution in [0.3, 0.4) is 0 Å². The zero-order valence-electron chi connectivity index (χ0n) is 47.3. The summed E-state index contributed by atoms with van der Waals surface area (Å²) in [5, 5.41) is 8.31. The molecule has 7 rings (SSSR count). The van der Waals surface area contributed by atoms with Gasteiger partial charge >= 0.3 is 0 Å². The summed E-state index contributed by atoms with van der Waals surface area (Å²) >= 11 is 6.20. The van der Waals surface area contributed by atoms with Crippen molar-refractivity contribution < 1.29 is 0 Å². The van der Waals surface area contributed by atoms with Crippen molar-refractivity contribution in [2.45, 2.75) is 260 Å². The van der Waals surface area contributed by atoms with Gasteiger partial charge in [0.15, 0.2) is 0 Å². The number of benzene rings is 4. The Labute approximate surface area is 459 Å². The molecular weight excluding hydrogens is 937 g/mol. The first kappa shape index (κ1) is 57.7. The van der Waals surface area contributed by atoms with E-state index >= 15 is 0 Å². The van der Waals surface area contributed by atoms with Gasteiger partial charge in [-0.15, -0.1) is 34.0 Å². The summed E-state index contributed by atoms with van der Waals surface area (Å²) in [7, 11) is 0. The molecule has 0 saturated heterocycles. The van der Waals surface area contributed by atoms with E-state index < -0.39 is 0 Å². The van der Waals surface area contributed by atoms with Gasteiger partial charge in [-0.25, -0.2) is 0 Å². The Balaban J connectivity index is 1.16. The van der Waals surface area contributed by atoms with E-state index in [2.05, 4.69) is 137 Å². The van der Waals surface area contributed by atoms with Crippen LogP contribution in [0.4, 0.5) is 0 Å². The van der Waals surface area contributed by atoms with E-state index in [0.717, 1.165) is 11.8 Å². The van der Waals surface area contributed by atoms with Crippen molar-refractivity contribution in [1.29, 1.82) is 0 Å². The molecule has 0 radical (unpaired) electrons. The number of unbranched alkanes of at least 4 members (excludes halogenated alkanes) is 24. The highest BCUT2D eigenvalue weighted by Gasteiger charge is 2.21. The fourth-order valence-electron chi connectivity index (χ4n) is 12.3. The summed E-state index contributed by atoms with van der Waals surface area (Å²) in [6, 6.07) is 29.4. The minimum atomic E-state index is 0.754. The monoisotopic (exact) mass is 1040 g/mol. The number of aryl methyl sites for hydroxylation is 2. The molecule has 0 saturated carbocycles. The van der Waals surface area contributed by atoms with Gasteiger partial charge in [0.1, 0.15) is 0 Å². The highest BCUT2D eigenvalue weighted by atomic mass is 32.1.